The van der Waals surface area contributed by atoms with Gasteiger partial charge in [-0.25, -0.2) is 9.67 Å². The third kappa shape index (κ3) is 4.26. The van der Waals surface area contributed by atoms with E-state index in [0.29, 0.717) is 18.7 Å². The zero-order chi connectivity index (χ0) is 18.5. The monoisotopic (exact) mass is 358 g/mol. The van der Waals surface area contributed by atoms with Gasteiger partial charge in [0.1, 0.15) is 12.7 Å². The van der Waals surface area contributed by atoms with Crippen LogP contribution in [0.15, 0.2) is 30.9 Å². The molecule has 1 aliphatic rings. The first-order valence-corrected chi connectivity index (χ1v) is 8.63. The van der Waals surface area contributed by atoms with E-state index in [0.717, 1.165) is 24.1 Å². The van der Waals surface area contributed by atoms with E-state index in [9.17, 15) is 9.59 Å². The lowest BCUT2D eigenvalue weighted by Crippen LogP contribution is -2.38. The first kappa shape index (κ1) is 18.1. The molecule has 2 aromatic rings. The van der Waals surface area contributed by atoms with Gasteiger partial charge < -0.3 is 14.7 Å². The number of benzene rings is 1. The van der Waals surface area contributed by atoms with Crippen LogP contribution in [0.3, 0.4) is 0 Å². The van der Waals surface area contributed by atoms with Crippen molar-refractivity contribution in [3.05, 3.63) is 42.0 Å². The van der Waals surface area contributed by atoms with Gasteiger partial charge in [-0.1, -0.05) is 0 Å². The van der Waals surface area contributed by atoms with Crippen LogP contribution in [0.25, 0.3) is 5.69 Å². The Hall–Kier alpha value is -2.74. The molecule has 3 rings (SSSR count). The fourth-order valence-corrected chi connectivity index (χ4v) is 3.10. The summed E-state index contributed by atoms with van der Waals surface area (Å²) in [4.78, 5) is 29.4. The summed E-state index contributed by atoms with van der Waals surface area (Å²) in [6.45, 7) is 3.17. The topological polar surface area (TPSA) is 97.6 Å². The van der Waals surface area contributed by atoms with Crippen LogP contribution in [0.4, 0.5) is 0 Å². The molecule has 2 heterocycles. The largest absolute Gasteiger partial charge is 0.481 e. The van der Waals surface area contributed by atoms with Crippen LogP contribution in [-0.4, -0.2) is 62.4 Å². The molecular formula is C18H22N4O4. The fourth-order valence-electron chi connectivity index (χ4n) is 3.10. The zero-order valence-corrected chi connectivity index (χ0v) is 14.7. The van der Waals surface area contributed by atoms with Crippen molar-refractivity contribution in [3.63, 3.8) is 0 Å². The van der Waals surface area contributed by atoms with Gasteiger partial charge in [0, 0.05) is 25.3 Å². The van der Waals surface area contributed by atoms with Crippen LogP contribution in [-0.2, 0) is 9.53 Å². The Bertz CT molecular complexity index is 770. The van der Waals surface area contributed by atoms with E-state index >= 15 is 0 Å². The van der Waals surface area contributed by atoms with Gasteiger partial charge in [-0.05, 0) is 43.5 Å². The second-order valence-corrected chi connectivity index (χ2v) is 6.37. The molecule has 1 atom stereocenters. The minimum atomic E-state index is -0.923. The Labute approximate surface area is 151 Å². The van der Waals surface area contributed by atoms with Crippen LogP contribution in [0.5, 0.6) is 0 Å². The maximum Gasteiger partial charge on any atom is 0.305 e. The van der Waals surface area contributed by atoms with E-state index in [1.807, 2.05) is 13.0 Å². The lowest BCUT2D eigenvalue weighted by atomic mass is 10.1. The molecule has 1 fully saturated rings. The SMILES string of the molecule is Cc1cc(C(=O)N(CCC(=O)O)C[C@@H]2CCCO2)ccc1-n1cncn1. The average molecular weight is 358 g/mol. The summed E-state index contributed by atoms with van der Waals surface area (Å²) in [5.74, 6) is -1.11. The fraction of sp³-hybridized carbons (Fsp3) is 0.444. The molecule has 0 aliphatic carbocycles. The summed E-state index contributed by atoms with van der Waals surface area (Å²) in [7, 11) is 0. The minimum Gasteiger partial charge on any atom is -0.481 e. The molecule has 0 unspecified atom stereocenters. The summed E-state index contributed by atoms with van der Waals surface area (Å²) in [6, 6.07) is 5.34. The highest BCUT2D eigenvalue weighted by Gasteiger charge is 2.24. The van der Waals surface area contributed by atoms with Gasteiger partial charge in [0.15, 0.2) is 0 Å². The van der Waals surface area contributed by atoms with Gasteiger partial charge in [0.05, 0.1) is 18.2 Å². The van der Waals surface area contributed by atoms with Crippen molar-refractivity contribution < 1.29 is 19.4 Å². The Kier molecular flexibility index (Phi) is 5.62. The van der Waals surface area contributed by atoms with Crippen LogP contribution in [0.2, 0.25) is 0 Å². The third-order valence-corrected chi connectivity index (χ3v) is 4.44. The number of hydrogen-bond donors (Lipinski definition) is 1. The van der Waals surface area contributed by atoms with Crippen LogP contribution in [0, 0.1) is 6.92 Å². The lowest BCUT2D eigenvalue weighted by Gasteiger charge is -2.25. The summed E-state index contributed by atoms with van der Waals surface area (Å²) < 4.78 is 7.25. The van der Waals surface area contributed by atoms with E-state index in [-0.39, 0.29) is 25.0 Å². The first-order valence-electron chi connectivity index (χ1n) is 8.63. The molecule has 1 amide bonds. The Morgan fingerprint density at radius 1 is 1.42 bits per heavy atom. The number of carbonyl (C=O) groups is 2. The van der Waals surface area contributed by atoms with Crippen molar-refractivity contribution in [2.45, 2.75) is 32.3 Å². The Balaban J connectivity index is 1.78. The summed E-state index contributed by atoms with van der Waals surface area (Å²) in [6.07, 6.45) is 4.80. The van der Waals surface area contributed by atoms with Gasteiger partial charge in [0.25, 0.3) is 5.91 Å². The van der Waals surface area contributed by atoms with Gasteiger partial charge >= 0.3 is 5.97 Å². The number of rotatable bonds is 7. The molecule has 1 aromatic carbocycles. The van der Waals surface area contributed by atoms with E-state index in [4.69, 9.17) is 9.84 Å². The Morgan fingerprint density at radius 3 is 2.88 bits per heavy atom. The van der Waals surface area contributed by atoms with E-state index < -0.39 is 5.97 Å². The van der Waals surface area contributed by atoms with Gasteiger partial charge in [-0.2, -0.15) is 5.10 Å². The van der Waals surface area contributed by atoms with Crippen molar-refractivity contribution in [1.29, 1.82) is 0 Å². The molecule has 8 nitrogen and oxygen atoms in total. The number of aryl methyl sites for hydroxylation is 1. The highest BCUT2D eigenvalue weighted by molar-refractivity contribution is 5.95. The standard InChI is InChI=1S/C18H22N4O4/c1-13-9-14(4-5-16(13)22-12-19-11-20-22)18(25)21(7-6-17(23)24)10-15-3-2-8-26-15/h4-5,9,11-12,15H,2-3,6-8,10H2,1H3,(H,23,24)/t15-/m0/s1. The maximum absolute atomic E-state index is 12.9. The predicted octanol–water partition coefficient (Wildman–Crippen LogP) is 1.67. The number of aromatic nitrogens is 3. The van der Waals surface area contributed by atoms with E-state index in [1.54, 1.807) is 28.0 Å². The zero-order valence-electron chi connectivity index (χ0n) is 14.7. The van der Waals surface area contributed by atoms with Crippen molar-refractivity contribution in [3.8, 4) is 5.69 Å². The number of carbonyl (C=O) groups excluding carboxylic acids is 1. The summed E-state index contributed by atoms with van der Waals surface area (Å²) in [5, 5.41) is 13.1. The molecule has 0 radical (unpaired) electrons. The summed E-state index contributed by atoms with van der Waals surface area (Å²) in [5.41, 5.74) is 2.25. The predicted molar refractivity (Wildman–Crippen MR) is 93.2 cm³/mol. The van der Waals surface area contributed by atoms with E-state index in [1.165, 1.54) is 6.33 Å². The molecule has 1 aromatic heterocycles. The molecule has 1 saturated heterocycles. The van der Waals surface area contributed by atoms with Gasteiger partial charge in [0.2, 0.25) is 0 Å². The number of carboxylic acids is 1. The van der Waals surface area contributed by atoms with Crippen molar-refractivity contribution in [1.82, 2.24) is 19.7 Å². The van der Waals surface area contributed by atoms with Crippen LogP contribution >= 0.6 is 0 Å². The van der Waals surface area contributed by atoms with E-state index in [2.05, 4.69) is 10.1 Å². The maximum atomic E-state index is 12.9. The smallest absolute Gasteiger partial charge is 0.305 e. The minimum absolute atomic E-state index is 0.0248. The third-order valence-electron chi connectivity index (χ3n) is 4.44. The van der Waals surface area contributed by atoms with Gasteiger partial charge in [-0.3, -0.25) is 9.59 Å². The van der Waals surface area contributed by atoms with Crippen LogP contribution < -0.4 is 0 Å². The molecule has 1 aliphatic heterocycles. The second-order valence-electron chi connectivity index (χ2n) is 6.37. The van der Waals surface area contributed by atoms with Gasteiger partial charge in [-0.15, -0.1) is 0 Å². The quantitative estimate of drug-likeness (QED) is 0.809. The highest BCUT2D eigenvalue weighted by Crippen LogP contribution is 2.19. The highest BCUT2D eigenvalue weighted by atomic mass is 16.5. The molecule has 26 heavy (non-hydrogen) atoms. The number of amides is 1. The van der Waals surface area contributed by atoms with Crippen molar-refractivity contribution in [2.24, 2.45) is 0 Å². The molecule has 8 heteroatoms. The average Bonchev–Trinajstić information content (AvgIpc) is 3.31. The number of carboxylic acid groups (broad SMARTS) is 1. The molecule has 0 bridgehead atoms. The normalized spacial score (nSPS) is 16.6. The second kappa shape index (κ2) is 8.09. The number of aliphatic carboxylic acids is 1. The first-order chi connectivity index (χ1) is 12.5. The Morgan fingerprint density at radius 2 is 2.27 bits per heavy atom. The molecule has 0 saturated carbocycles. The number of hydrogen-bond acceptors (Lipinski definition) is 5. The molecule has 0 spiro atoms. The molecule has 138 valence electrons. The van der Waals surface area contributed by atoms with Crippen molar-refractivity contribution >= 4 is 11.9 Å². The van der Waals surface area contributed by atoms with Crippen molar-refractivity contribution in [2.75, 3.05) is 19.7 Å². The van der Waals surface area contributed by atoms with Crippen LogP contribution in [0.1, 0.15) is 35.2 Å². The summed E-state index contributed by atoms with van der Waals surface area (Å²) >= 11 is 0. The number of nitrogens with zero attached hydrogens (tertiary/aromatic N) is 4. The molecule has 1 N–H and O–H groups in total. The molecular weight excluding hydrogens is 336 g/mol. The number of ether oxygens (including phenoxy) is 1. The lowest BCUT2D eigenvalue weighted by molar-refractivity contribution is -0.137.